The predicted octanol–water partition coefficient (Wildman–Crippen LogP) is 6.43. The standard InChI is InChI=1S/C32H35F4N3O3S/c33-26-13-11-23(12-14-26)30(38-43(41,42)27-8-5-7-25(19-27)32(34,35)36)20-31(40)37-29-9-4-6-24-18-22(10-15-28(24)29)21-39-16-2-1-3-17-39/h5,7-8,10-15,18-19,29-30,38H,1-4,6,9,16-17,20-21H2,(H,37,40)/t29-,30-/m1/s1. The van der Waals surface area contributed by atoms with Crippen LogP contribution in [0.2, 0.25) is 0 Å². The number of benzene rings is 3. The van der Waals surface area contributed by atoms with Crippen LogP contribution in [0.4, 0.5) is 17.6 Å². The highest BCUT2D eigenvalue weighted by molar-refractivity contribution is 7.89. The summed E-state index contributed by atoms with van der Waals surface area (Å²) in [4.78, 5) is 15.2. The van der Waals surface area contributed by atoms with Gasteiger partial charge in [-0.3, -0.25) is 9.69 Å². The van der Waals surface area contributed by atoms with Crippen LogP contribution >= 0.6 is 0 Å². The number of piperidine rings is 1. The number of alkyl halides is 3. The molecule has 1 aliphatic carbocycles. The van der Waals surface area contributed by atoms with Crippen molar-refractivity contribution in [1.82, 2.24) is 14.9 Å². The molecule has 0 aromatic heterocycles. The molecule has 2 aliphatic rings. The lowest BCUT2D eigenvalue weighted by molar-refractivity contribution is -0.137. The lowest BCUT2D eigenvalue weighted by Gasteiger charge is -2.29. The molecular weight excluding hydrogens is 582 g/mol. The number of rotatable bonds is 9. The van der Waals surface area contributed by atoms with Crippen LogP contribution in [0.15, 0.2) is 71.6 Å². The van der Waals surface area contributed by atoms with Crippen molar-refractivity contribution in [3.05, 3.63) is 100 Å². The third-order valence-corrected chi connectivity index (χ3v) is 9.61. The molecule has 0 unspecified atom stereocenters. The molecule has 3 aromatic carbocycles. The number of aryl methyl sites for hydroxylation is 1. The first kappa shape index (κ1) is 31.2. The highest BCUT2D eigenvalue weighted by Crippen LogP contribution is 2.33. The molecule has 2 N–H and O–H groups in total. The molecule has 3 aromatic rings. The molecule has 1 fully saturated rings. The van der Waals surface area contributed by atoms with Gasteiger partial charge >= 0.3 is 6.18 Å². The number of halogens is 4. The zero-order chi connectivity index (χ0) is 30.6. The fourth-order valence-electron chi connectivity index (χ4n) is 5.95. The first-order valence-corrected chi connectivity index (χ1v) is 16.0. The number of likely N-dealkylation sites (tertiary alicyclic amines) is 1. The SMILES string of the molecule is O=C(C[C@@H](NS(=O)(=O)c1cccc(C(F)(F)F)c1)c1ccc(F)cc1)N[C@@H]1CCCc2cc(CN3CCCCC3)ccc21. The molecule has 0 radical (unpaired) electrons. The van der Waals surface area contributed by atoms with Gasteiger partial charge in [-0.05, 0) is 97.8 Å². The molecule has 0 saturated carbocycles. The van der Waals surface area contributed by atoms with E-state index >= 15 is 0 Å². The van der Waals surface area contributed by atoms with Gasteiger partial charge in [0, 0.05) is 13.0 Å². The van der Waals surface area contributed by atoms with Crippen LogP contribution in [0.1, 0.15) is 78.4 Å². The Kier molecular flexibility index (Phi) is 9.53. The Balaban J connectivity index is 1.32. The number of amides is 1. The van der Waals surface area contributed by atoms with Crippen molar-refractivity contribution in [3.63, 3.8) is 0 Å². The van der Waals surface area contributed by atoms with E-state index in [2.05, 4.69) is 33.1 Å². The molecule has 1 amide bonds. The molecule has 2 atom stereocenters. The molecular formula is C32H35F4N3O3S. The molecule has 5 rings (SSSR count). The van der Waals surface area contributed by atoms with Crippen molar-refractivity contribution < 1.29 is 30.8 Å². The maximum atomic E-state index is 13.7. The number of nitrogens with zero attached hydrogens (tertiary/aromatic N) is 1. The van der Waals surface area contributed by atoms with Gasteiger partial charge in [-0.25, -0.2) is 17.5 Å². The number of hydrogen-bond acceptors (Lipinski definition) is 4. The summed E-state index contributed by atoms with van der Waals surface area (Å²) in [6.07, 6.45) is 1.16. The minimum atomic E-state index is -4.73. The number of sulfonamides is 1. The van der Waals surface area contributed by atoms with Crippen molar-refractivity contribution in [1.29, 1.82) is 0 Å². The van der Waals surface area contributed by atoms with Gasteiger partial charge < -0.3 is 5.32 Å². The second kappa shape index (κ2) is 13.2. The maximum Gasteiger partial charge on any atom is 0.416 e. The molecule has 0 bridgehead atoms. The molecule has 11 heteroatoms. The number of carbonyl (C=O) groups is 1. The van der Waals surface area contributed by atoms with Crippen LogP contribution in [0, 0.1) is 5.82 Å². The fourth-order valence-corrected chi connectivity index (χ4v) is 7.22. The minimum absolute atomic E-state index is 0.255. The minimum Gasteiger partial charge on any atom is -0.349 e. The quantitative estimate of drug-likeness (QED) is 0.271. The molecule has 230 valence electrons. The molecule has 1 aliphatic heterocycles. The van der Waals surface area contributed by atoms with Crippen molar-refractivity contribution >= 4 is 15.9 Å². The Morgan fingerprint density at radius 2 is 1.70 bits per heavy atom. The van der Waals surface area contributed by atoms with E-state index in [1.54, 1.807) is 0 Å². The summed E-state index contributed by atoms with van der Waals surface area (Å²) in [5, 5.41) is 3.04. The van der Waals surface area contributed by atoms with Crippen molar-refractivity contribution in [2.75, 3.05) is 13.1 Å². The largest absolute Gasteiger partial charge is 0.416 e. The van der Waals surface area contributed by atoms with Crippen molar-refractivity contribution in [2.24, 2.45) is 0 Å². The Morgan fingerprint density at radius 1 is 0.953 bits per heavy atom. The monoisotopic (exact) mass is 617 g/mol. The molecule has 1 saturated heterocycles. The molecule has 0 spiro atoms. The third kappa shape index (κ3) is 8.01. The Morgan fingerprint density at radius 3 is 2.42 bits per heavy atom. The second-order valence-electron chi connectivity index (χ2n) is 11.3. The highest BCUT2D eigenvalue weighted by atomic mass is 32.2. The van der Waals surface area contributed by atoms with Crippen LogP contribution in [0.5, 0.6) is 0 Å². The summed E-state index contributed by atoms with van der Waals surface area (Å²) in [5.74, 6) is -0.984. The van der Waals surface area contributed by atoms with E-state index in [9.17, 15) is 30.8 Å². The number of fused-ring (bicyclic) bond motifs is 1. The fraction of sp³-hybridized carbons (Fsp3) is 0.406. The second-order valence-corrected chi connectivity index (χ2v) is 13.1. The van der Waals surface area contributed by atoms with Gasteiger partial charge in [-0.1, -0.05) is 42.8 Å². The summed E-state index contributed by atoms with van der Waals surface area (Å²) in [5.41, 5.74) is 2.66. The van der Waals surface area contributed by atoms with Gasteiger partial charge in [-0.2, -0.15) is 13.2 Å². The van der Waals surface area contributed by atoms with Crippen LogP contribution in [0.25, 0.3) is 0 Å². The van der Waals surface area contributed by atoms with Crippen LogP contribution in [-0.2, 0) is 34.0 Å². The first-order chi connectivity index (χ1) is 20.5. The highest BCUT2D eigenvalue weighted by Gasteiger charge is 2.33. The first-order valence-electron chi connectivity index (χ1n) is 14.6. The predicted molar refractivity (Wildman–Crippen MR) is 155 cm³/mol. The Labute approximate surface area is 249 Å². The lowest BCUT2D eigenvalue weighted by atomic mass is 9.86. The average Bonchev–Trinajstić information content (AvgIpc) is 2.97. The van der Waals surface area contributed by atoms with E-state index in [0.717, 1.165) is 74.8 Å². The van der Waals surface area contributed by atoms with E-state index in [-0.39, 0.29) is 12.5 Å². The van der Waals surface area contributed by atoms with Gasteiger partial charge in [0.25, 0.3) is 0 Å². The number of nitrogens with one attached hydrogen (secondary N) is 2. The zero-order valence-electron chi connectivity index (χ0n) is 23.7. The summed E-state index contributed by atoms with van der Waals surface area (Å²) in [6, 6.07) is 13.3. The summed E-state index contributed by atoms with van der Waals surface area (Å²) in [7, 11) is -4.47. The van der Waals surface area contributed by atoms with Crippen LogP contribution in [0.3, 0.4) is 0 Å². The third-order valence-electron chi connectivity index (χ3n) is 8.14. The summed E-state index contributed by atoms with van der Waals surface area (Å²) < 4.78 is 82.1. The normalized spacial score (nSPS) is 18.6. The average molecular weight is 618 g/mol. The van der Waals surface area contributed by atoms with Crippen molar-refractivity contribution in [2.45, 2.75) is 74.6 Å². The Hall–Kier alpha value is -3.28. The smallest absolute Gasteiger partial charge is 0.349 e. The number of hydrogen-bond donors (Lipinski definition) is 2. The van der Waals surface area contributed by atoms with Crippen molar-refractivity contribution in [3.8, 4) is 0 Å². The Bertz CT molecular complexity index is 1540. The molecule has 1 heterocycles. The van der Waals surface area contributed by atoms with E-state index in [1.165, 1.54) is 42.5 Å². The van der Waals surface area contributed by atoms with Gasteiger partial charge in [0.2, 0.25) is 15.9 Å². The van der Waals surface area contributed by atoms with Gasteiger partial charge in [0.15, 0.2) is 0 Å². The van der Waals surface area contributed by atoms with Gasteiger partial charge in [0.05, 0.1) is 22.5 Å². The van der Waals surface area contributed by atoms with Crippen LogP contribution in [-0.4, -0.2) is 32.3 Å². The zero-order valence-corrected chi connectivity index (χ0v) is 24.5. The van der Waals surface area contributed by atoms with Gasteiger partial charge in [0.1, 0.15) is 5.82 Å². The van der Waals surface area contributed by atoms with E-state index in [4.69, 9.17) is 0 Å². The van der Waals surface area contributed by atoms with E-state index < -0.39 is 44.4 Å². The lowest BCUT2D eigenvalue weighted by Crippen LogP contribution is -2.36. The maximum absolute atomic E-state index is 13.7. The summed E-state index contributed by atoms with van der Waals surface area (Å²) in [6.45, 7) is 3.10. The van der Waals surface area contributed by atoms with E-state index in [1.807, 2.05) is 0 Å². The summed E-state index contributed by atoms with van der Waals surface area (Å²) >= 11 is 0. The topological polar surface area (TPSA) is 78.5 Å². The molecule has 6 nitrogen and oxygen atoms in total. The van der Waals surface area contributed by atoms with Crippen LogP contribution < -0.4 is 10.0 Å². The molecule has 43 heavy (non-hydrogen) atoms. The van der Waals surface area contributed by atoms with E-state index in [0.29, 0.717) is 11.6 Å². The van der Waals surface area contributed by atoms with Gasteiger partial charge in [-0.15, -0.1) is 0 Å². The number of carbonyl (C=O) groups excluding carboxylic acids is 1.